The summed E-state index contributed by atoms with van der Waals surface area (Å²) < 4.78 is 5.40. The zero-order valence-corrected chi connectivity index (χ0v) is 11.8. The van der Waals surface area contributed by atoms with Gasteiger partial charge in [0, 0.05) is 18.1 Å². The quantitative estimate of drug-likeness (QED) is 0.826. The Kier molecular flexibility index (Phi) is 5.22. The number of hydrogen-bond donors (Lipinski definition) is 1. The van der Waals surface area contributed by atoms with Crippen LogP contribution in [0.1, 0.15) is 40.4 Å². The van der Waals surface area contributed by atoms with E-state index in [0.717, 1.165) is 25.4 Å². The summed E-state index contributed by atoms with van der Waals surface area (Å²) in [5.74, 6) is 1.04. The summed E-state index contributed by atoms with van der Waals surface area (Å²) in [5, 5.41) is 3.54. The van der Waals surface area contributed by atoms with Gasteiger partial charge in [0.1, 0.15) is 5.76 Å². The van der Waals surface area contributed by atoms with Crippen molar-refractivity contribution in [2.45, 2.75) is 52.7 Å². The Morgan fingerprint density at radius 1 is 1.41 bits per heavy atom. The molecule has 0 bridgehead atoms. The van der Waals surface area contributed by atoms with Gasteiger partial charge in [0.2, 0.25) is 0 Å². The van der Waals surface area contributed by atoms with Crippen molar-refractivity contribution in [2.75, 3.05) is 13.1 Å². The van der Waals surface area contributed by atoms with Gasteiger partial charge >= 0.3 is 0 Å². The van der Waals surface area contributed by atoms with Crippen LogP contribution >= 0.6 is 0 Å². The van der Waals surface area contributed by atoms with Gasteiger partial charge in [-0.3, -0.25) is 4.90 Å². The van der Waals surface area contributed by atoms with Gasteiger partial charge in [-0.1, -0.05) is 6.92 Å². The van der Waals surface area contributed by atoms with Gasteiger partial charge in [-0.2, -0.15) is 0 Å². The molecule has 1 rings (SSSR count). The predicted molar refractivity (Wildman–Crippen MR) is 72.0 cm³/mol. The van der Waals surface area contributed by atoms with Gasteiger partial charge in [-0.25, -0.2) is 0 Å². The molecule has 0 aliphatic heterocycles. The maximum Gasteiger partial charge on any atom is 0.117 e. The summed E-state index contributed by atoms with van der Waals surface area (Å²) in [7, 11) is 0. The fourth-order valence-electron chi connectivity index (χ4n) is 1.77. The predicted octanol–water partition coefficient (Wildman–Crippen LogP) is 2.88. The van der Waals surface area contributed by atoms with Crippen molar-refractivity contribution in [1.82, 2.24) is 10.2 Å². The van der Waals surface area contributed by atoms with Crippen molar-refractivity contribution in [3.8, 4) is 0 Å². The van der Waals surface area contributed by atoms with Crippen LogP contribution in [0.25, 0.3) is 0 Å². The Bertz CT molecular complexity index is 301. The van der Waals surface area contributed by atoms with Crippen molar-refractivity contribution < 1.29 is 4.42 Å². The summed E-state index contributed by atoms with van der Waals surface area (Å²) in [5.41, 5.74) is 0.179. The Hall–Kier alpha value is -0.800. The van der Waals surface area contributed by atoms with E-state index in [4.69, 9.17) is 4.42 Å². The summed E-state index contributed by atoms with van der Waals surface area (Å²) in [6.45, 7) is 14.0. The molecule has 98 valence electrons. The molecule has 1 aromatic rings. The molecule has 1 heterocycles. The Balaban J connectivity index is 2.44. The standard InChI is InChI=1S/C14H26N2O/c1-6-16(11-13-8-7-9-17-13)12(2)10-15-14(3,4)5/h7-9,12,15H,6,10-11H2,1-5H3. The fraction of sp³-hybridized carbons (Fsp3) is 0.714. The first-order valence-corrected chi connectivity index (χ1v) is 6.44. The molecule has 0 saturated heterocycles. The summed E-state index contributed by atoms with van der Waals surface area (Å²) in [6, 6.07) is 4.48. The Morgan fingerprint density at radius 2 is 2.12 bits per heavy atom. The number of rotatable bonds is 6. The van der Waals surface area contributed by atoms with Gasteiger partial charge in [0.05, 0.1) is 12.8 Å². The molecule has 0 spiro atoms. The minimum absolute atomic E-state index is 0.179. The second kappa shape index (κ2) is 6.22. The molecule has 1 unspecified atom stereocenters. The van der Waals surface area contributed by atoms with Crippen LogP contribution in [0.5, 0.6) is 0 Å². The van der Waals surface area contributed by atoms with Crippen LogP contribution in [0.4, 0.5) is 0 Å². The second-order valence-corrected chi connectivity index (χ2v) is 5.62. The largest absolute Gasteiger partial charge is 0.468 e. The molecule has 17 heavy (non-hydrogen) atoms. The van der Waals surface area contributed by atoms with Crippen LogP contribution in [0.2, 0.25) is 0 Å². The maximum atomic E-state index is 5.40. The number of likely N-dealkylation sites (N-methyl/N-ethyl adjacent to an activating group) is 1. The van der Waals surface area contributed by atoms with E-state index in [0.29, 0.717) is 6.04 Å². The monoisotopic (exact) mass is 238 g/mol. The first-order valence-electron chi connectivity index (χ1n) is 6.44. The lowest BCUT2D eigenvalue weighted by molar-refractivity contribution is 0.182. The summed E-state index contributed by atoms with van der Waals surface area (Å²) in [6.07, 6.45) is 1.74. The molecule has 0 aliphatic carbocycles. The average molecular weight is 238 g/mol. The van der Waals surface area contributed by atoms with Crippen molar-refractivity contribution in [1.29, 1.82) is 0 Å². The van der Waals surface area contributed by atoms with Gasteiger partial charge in [-0.15, -0.1) is 0 Å². The van der Waals surface area contributed by atoms with Gasteiger partial charge in [0.15, 0.2) is 0 Å². The normalized spacial score (nSPS) is 14.2. The highest BCUT2D eigenvalue weighted by Gasteiger charge is 2.16. The highest BCUT2D eigenvalue weighted by Crippen LogP contribution is 2.09. The van der Waals surface area contributed by atoms with Crippen LogP contribution in [0.15, 0.2) is 22.8 Å². The minimum atomic E-state index is 0.179. The molecule has 0 aromatic carbocycles. The third-order valence-electron chi connectivity index (χ3n) is 2.90. The van der Waals surface area contributed by atoms with Crippen molar-refractivity contribution in [3.05, 3.63) is 24.2 Å². The van der Waals surface area contributed by atoms with Gasteiger partial charge in [0.25, 0.3) is 0 Å². The third kappa shape index (κ3) is 5.37. The van der Waals surface area contributed by atoms with E-state index in [1.54, 1.807) is 6.26 Å². The van der Waals surface area contributed by atoms with E-state index >= 15 is 0 Å². The number of hydrogen-bond acceptors (Lipinski definition) is 3. The molecular weight excluding hydrogens is 212 g/mol. The van der Waals surface area contributed by atoms with Crippen molar-refractivity contribution in [3.63, 3.8) is 0 Å². The minimum Gasteiger partial charge on any atom is -0.468 e. The lowest BCUT2D eigenvalue weighted by Gasteiger charge is -2.30. The first kappa shape index (κ1) is 14.3. The SMILES string of the molecule is CCN(Cc1ccco1)C(C)CNC(C)(C)C. The van der Waals surface area contributed by atoms with Crippen molar-refractivity contribution in [2.24, 2.45) is 0 Å². The van der Waals surface area contributed by atoms with Crippen molar-refractivity contribution >= 4 is 0 Å². The van der Waals surface area contributed by atoms with Gasteiger partial charge < -0.3 is 9.73 Å². The molecule has 3 nitrogen and oxygen atoms in total. The molecule has 1 N–H and O–H groups in total. The van der Waals surface area contributed by atoms with Crippen LogP contribution in [0, 0.1) is 0 Å². The van der Waals surface area contributed by atoms with E-state index in [-0.39, 0.29) is 5.54 Å². The van der Waals surface area contributed by atoms with Crippen LogP contribution in [-0.4, -0.2) is 29.6 Å². The number of nitrogens with zero attached hydrogens (tertiary/aromatic N) is 1. The lowest BCUT2D eigenvalue weighted by atomic mass is 10.1. The number of nitrogens with one attached hydrogen (secondary N) is 1. The van der Waals surface area contributed by atoms with E-state index < -0.39 is 0 Å². The van der Waals surface area contributed by atoms with Crippen LogP contribution in [-0.2, 0) is 6.54 Å². The smallest absolute Gasteiger partial charge is 0.117 e. The van der Waals surface area contributed by atoms with Crippen LogP contribution in [0.3, 0.4) is 0 Å². The van der Waals surface area contributed by atoms with Crippen LogP contribution < -0.4 is 5.32 Å². The molecule has 0 fully saturated rings. The molecular formula is C14H26N2O. The molecule has 0 aliphatic rings. The zero-order valence-electron chi connectivity index (χ0n) is 11.8. The topological polar surface area (TPSA) is 28.4 Å². The first-order chi connectivity index (χ1) is 7.92. The van der Waals surface area contributed by atoms with E-state index in [1.165, 1.54) is 0 Å². The zero-order chi connectivity index (χ0) is 12.9. The second-order valence-electron chi connectivity index (χ2n) is 5.62. The Labute approximate surface area is 105 Å². The van der Waals surface area contributed by atoms with Gasteiger partial charge in [-0.05, 0) is 46.4 Å². The summed E-state index contributed by atoms with van der Waals surface area (Å²) >= 11 is 0. The van der Waals surface area contributed by atoms with E-state index in [1.807, 2.05) is 12.1 Å². The van der Waals surface area contributed by atoms with E-state index in [9.17, 15) is 0 Å². The third-order valence-corrected chi connectivity index (χ3v) is 2.90. The fourth-order valence-corrected chi connectivity index (χ4v) is 1.77. The van der Waals surface area contributed by atoms with E-state index in [2.05, 4.69) is 44.8 Å². The molecule has 1 aromatic heterocycles. The molecule has 0 saturated carbocycles. The maximum absolute atomic E-state index is 5.40. The molecule has 1 atom stereocenters. The highest BCUT2D eigenvalue weighted by molar-refractivity contribution is 4.98. The molecule has 0 amide bonds. The molecule has 3 heteroatoms. The average Bonchev–Trinajstić information content (AvgIpc) is 2.74. The lowest BCUT2D eigenvalue weighted by Crippen LogP contribution is -2.46. The highest BCUT2D eigenvalue weighted by atomic mass is 16.3. The number of furan rings is 1. The summed E-state index contributed by atoms with van der Waals surface area (Å²) in [4.78, 5) is 2.41. The molecule has 0 radical (unpaired) electrons. The Morgan fingerprint density at radius 3 is 2.59 bits per heavy atom.